The molecule has 1 heterocycles. The van der Waals surface area contributed by atoms with Crippen LogP contribution in [0.25, 0.3) is 10.8 Å². The van der Waals surface area contributed by atoms with Gasteiger partial charge in [-0.2, -0.15) is 18.2 Å². The maximum atomic E-state index is 14.1. The molecule has 1 amide bonds. The molecule has 27 heavy (non-hydrogen) atoms. The highest BCUT2D eigenvalue weighted by Gasteiger charge is 2.53. The molecule has 1 aliphatic rings. The van der Waals surface area contributed by atoms with Crippen molar-refractivity contribution in [3.05, 3.63) is 47.5 Å². The quantitative estimate of drug-likeness (QED) is 0.773. The van der Waals surface area contributed by atoms with E-state index in [1.165, 1.54) is 6.07 Å². The predicted octanol–water partition coefficient (Wildman–Crippen LogP) is 5.26. The minimum Gasteiger partial charge on any atom is -0.287 e. The lowest BCUT2D eigenvalue weighted by Crippen LogP contribution is -2.51. The Morgan fingerprint density at radius 3 is 2.30 bits per heavy atom. The van der Waals surface area contributed by atoms with Crippen molar-refractivity contribution < 1.29 is 18.0 Å². The Balaban J connectivity index is 2.19. The fourth-order valence-corrected chi connectivity index (χ4v) is 3.69. The van der Waals surface area contributed by atoms with Crippen molar-refractivity contribution in [3.63, 3.8) is 0 Å². The number of hydrogen-bond donors (Lipinski definition) is 1. The van der Waals surface area contributed by atoms with Crippen molar-refractivity contribution in [3.8, 4) is 0 Å². The first-order chi connectivity index (χ1) is 12.3. The molecule has 3 rings (SSSR count). The highest BCUT2D eigenvalue weighted by molar-refractivity contribution is 5.87. The average molecular weight is 378 g/mol. The number of carbonyl (C=O) groups excluding carboxylic acids is 1. The van der Waals surface area contributed by atoms with Gasteiger partial charge in [0.15, 0.2) is 6.04 Å². The van der Waals surface area contributed by atoms with E-state index >= 15 is 0 Å². The molecule has 1 saturated heterocycles. The predicted molar refractivity (Wildman–Crippen MR) is 100 cm³/mol. The summed E-state index contributed by atoms with van der Waals surface area (Å²) in [4.78, 5) is 11.8. The number of benzene rings is 2. The Morgan fingerprint density at radius 1 is 1.11 bits per heavy atom. The van der Waals surface area contributed by atoms with Gasteiger partial charge in [0, 0.05) is 12.0 Å². The molecule has 0 bridgehead atoms. The summed E-state index contributed by atoms with van der Waals surface area (Å²) in [7, 11) is 0. The summed E-state index contributed by atoms with van der Waals surface area (Å²) in [6, 6.07) is 8.64. The first-order valence-corrected chi connectivity index (χ1v) is 8.99. The monoisotopic (exact) mass is 378 g/mol. The van der Waals surface area contributed by atoms with Crippen molar-refractivity contribution in [2.24, 2.45) is 0 Å². The lowest BCUT2D eigenvalue weighted by molar-refractivity contribution is -0.203. The molecule has 1 fully saturated rings. The van der Waals surface area contributed by atoms with Crippen molar-refractivity contribution in [1.29, 1.82) is 0 Å². The van der Waals surface area contributed by atoms with Gasteiger partial charge in [0.25, 0.3) is 0 Å². The molecule has 0 saturated carbocycles. The number of hydrazine groups is 1. The number of carbonyl (C=O) groups is 1. The first kappa shape index (κ1) is 19.7. The van der Waals surface area contributed by atoms with E-state index in [2.05, 4.69) is 26.2 Å². The van der Waals surface area contributed by atoms with E-state index < -0.39 is 23.7 Å². The zero-order valence-electron chi connectivity index (χ0n) is 16.2. The van der Waals surface area contributed by atoms with Crippen molar-refractivity contribution in [1.82, 2.24) is 10.4 Å². The fraction of sp³-hybridized carbons (Fsp3) is 0.476. The van der Waals surface area contributed by atoms with Gasteiger partial charge < -0.3 is 0 Å². The number of fused-ring (bicyclic) bond motifs is 1. The third-order valence-corrected chi connectivity index (χ3v) is 5.13. The maximum Gasteiger partial charge on any atom is 0.409 e. The summed E-state index contributed by atoms with van der Waals surface area (Å²) in [5, 5.41) is 2.36. The van der Waals surface area contributed by atoms with Crippen LogP contribution in [0.15, 0.2) is 36.4 Å². The molecule has 1 aliphatic heterocycles. The fourth-order valence-electron chi connectivity index (χ4n) is 3.69. The number of nitrogens with zero attached hydrogens (tertiary/aromatic N) is 1. The molecular formula is C21H25F3N2O. The Kier molecular flexibility index (Phi) is 4.54. The summed E-state index contributed by atoms with van der Waals surface area (Å²) in [5.41, 5.74) is 2.60. The Hall–Kier alpha value is -2.08. The summed E-state index contributed by atoms with van der Waals surface area (Å²) >= 11 is 0. The number of nitrogens with one attached hydrogen (secondary N) is 1. The van der Waals surface area contributed by atoms with Crippen LogP contribution in [0.2, 0.25) is 0 Å². The van der Waals surface area contributed by atoms with Crippen LogP contribution in [0.5, 0.6) is 0 Å². The zero-order valence-corrected chi connectivity index (χ0v) is 16.2. The number of rotatable bonds is 2. The topological polar surface area (TPSA) is 32.3 Å². The molecule has 0 spiro atoms. The molecule has 6 heteroatoms. The molecule has 1 atom stereocenters. The molecule has 146 valence electrons. The van der Waals surface area contributed by atoms with Gasteiger partial charge in [-0.15, -0.1) is 0 Å². The van der Waals surface area contributed by atoms with Gasteiger partial charge in [-0.25, -0.2) is 0 Å². The van der Waals surface area contributed by atoms with Crippen LogP contribution in [0.3, 0.4) is 0 Å². The second-order valence-electron chi connectivity index (χ2n) is 8.87. The largest absolute Gasteiger partial charge is 0.409 e. The van der Waals surface area contributed by atoms with Crippen LogP contribution in [0.4, 0.5) is 13.2 Å². The average Bonchev–Trinajstić information content (AvgIpc) is 2.77. The molecule has 0 aromatic heterocycles. The van der Waals surface area contributed by atoms with Crippen LogP contribution in [-0.2, 0) is 10.2 Å². The first-order valence-electron chi connectivity index (χ1n) is 8.99. The van der Waals surface area contributed by atoms with Gasteiger partial charge >= 0.3 is 6.18 Å². The van der Waals surface area contributed by atoms with Gasteiger partial charge in [-0.3, -0.25) is 10.2 Å². The van der Waals surface area contributed by atoms with E-state index in [1.54, 1.807) is 26.0 Å². The number of amides is 1. The SMILES string of the molecule is CC(C)(C)c1ccc2c(C(N3NC(=O)CC3(C)C)C(F)(F)F)cccc2c1. The summed E-state index contributed by atoms with van der Waals surface area (Å²) in [6.07, 6.45) is -4.51. The highest BCUT2D eigenvalue weighted by atomic mass is 19.4. The van der Waals surface area contributed by atoms with Gasteiger partial charge in [-0.1, -0.05) is 57.2 Å². The molecule has 0 radical (unpaired) electrons. The smallest absolute Gasteiger partial charge is 0.287 e. The van der Waals surface area contributed by atoms with Crippen molar-refractivity contribution in [2.45, 2.75) is 64.2 Å². The van der Waals surface area contributed by atoms with Crippen LogP contribution in [0.1, 0.15) is 58.2 Å². The number of hydrogen-bond acceptors (Lipinski definition) is 2. The van der Waals surface area contributed by atoms with E-state index in [0.29, 0.717) is 5.39 Å². The minimum absolute atomic E-state index is 0.0263. The molecule has 1 N–H and O–H groups in total. The molecule has 2 aromatic carbocycles. The van der Waals surface area contributed by atoms with Crippen molar-refractivity contribution in [2.75, 3.05) is 0 Å². The van der Waals surface area contributed by atoms with E-state index in [4.69, 9.17) is 0 Å². The Morgan fingerprint density at radius 2 is 1.78 bits per heavy atom. The van der Waals surface area contributed by atoms with Crippen molar-refractivity contribution >= 4 is 16.7 Å². The highest BCUT2D eigenvalue weighted by Crippen LogP contribution is 2.45. The molecule has 0 aliphatic carbocycles. The minimum atomic E-state index is -4.54. The molecule has 2 aromatic rings. The van der Waals surface area contributed by atoms with Gasteiger partial charge in [0.1, 0.15) is 0 Å². The third-order valence-electron chi connectivity index (χ3n) is 5.13. The maximum absolute atomic E-state index is 14.1. The molecular weight excluding hydrogens is 353 g/mol. The van der Waals surface area contributed by atoms with Gasteiger partial charge in [0.2, 0.25) is 5.91 Å². The lowest BCUT2D eigenvalue weighted by atomic mass is 9.85. The Bertz CT molecular complexity index is 881. The van der Waals surface area contributed by atoms with Crippen LogP contribution >= 0.6 is 0 Å². The van der Waals surface area contributed by atoms with Crippen LogP contribution in [0, 0.1) is 0 Å². The molecule has 3 nitrogen and oxygen atoms in total. The molecule has 1 unspecified atom stereocenters. The van der Waals surface area contributed by atoms with E-state index in [-0.39, 0.29) is 17.4 Å². The van der Waals surface area contributed by atoms with Crippen LogP contribution in [-0.4, -0.2) is 22.6 Å². The third kappa shape index (κ3) is 3.68. The number of alkyl halides is 3. The number of halogens is 3. The second-order valence-corrected chi connectivity index (χ2v) is 8.87. The van der Waals surface area contributed by atoms with E-state index in [1.807, 2.05) is 18.2 Å². The van der Waals surface area contributed by atoms with E-state index in [9.17, 15) is 18.0 Å². The van der Waals surface area contributed by atoms with Gasteiger partial charge in [0.05, 0.1) is 0 Å². The Labute approximate surface area is 157 Å². The summed E-state index contributed by atoms with van der Waals surface area (Å²) in [6.45, 7) is 9.50. The standard InChI is InChI=1S/C21H25F3N2O/c1-19(2,3)14-9-10-15-13(11-14)7-6-8-16(15)18(21(22,23)24)26-20(4,5)12-17(27)25-26/h6-11,18H,12H2,1-5H3,(H,25,27). The van der Waals surface area contributed by atoms with Gasteiger partial charge in [-0.05, 0) is 41.2 Å². The zero-order chi connectivity index (χ0) is 20.2. The summed E-state index contributed by atoms with van der Waals surface area (Å²) < 4.78 is 42.4. The van der Waals surface area contributed by atoms with E-state index in [0.717, 1.165) is 16.0 Å². The van der Waals surface area contributed by atoms with Crippen LogP contribution < -0.4 is 5.43 Å². The normalized spacial score (nSPS) is 19.3. The summed E-state index contributed by atoms with van der Waals surface area (Å²) in [5.74, 6) is -0.399. The lowest BCUT2D eigenvalue weighted by Gasteiger charge is -2.38. The second kappa shape index (κ2) is 6.23.